The summed E-state index contributed by atoms with van der Waals surface area (Å²) >= 11 is 12.1. The van der Waals surface area contributed by atoms with Crippen LogP contribution in [0.2, 0.25) is 10.0 Å². The summed E-state index contributed by atoms with van der Waals surface area (Å²) in [6, 6.07) is 19.1. The van der Waals surface area contributed by atoms with Crippen LogP contribution >= 0.6 is 23.2 Å². The van der Waals surface area contributed by atoms with Gasteiger partial charge in [-0.1, -0.05) is 41.4 Å². The molecular formula is C26H21Cl2N3O2. The monoisotopic (exact) mass is 477 g/mol. The summed E-state index contributed by atoms with van der Waals surface area (Å²) in [6.45, 7) is 4.71. The molecule has 0 amide bonds. The van der Waals surface area contributed by atoms with E-state index in [9.17, 15) is 5.26 Å². The number of ether oxygens (including phenoxy) is 2. The van der Waals surface area contributed by atoms with Crippen LogP contribution in [-0.4, -0.2) is 16.6 Å². The van der Waals surface area contributed by atoms with Gasteiger partial charge in [-0.15, -0.1) is 0 Å². The second-order valence-electron chi connectivity index (χ2n) is 7.45. The highest BCUT2D eigenvalue weighted by Gasteiger charge is 2.11. The first kappa shape index (κ1) is 22.7. The molecule has 0 unspecified atom stereocenters. The molecule has 1 aromatic heterocycles. The largest absolute Gasteiger partial charge is 0.490 e. The number of H-pyrrole nitrogens is 1. The van der Waals surface area contributed by atoms with Crippen molar-refractivity contribution in [3.05, 3.63) is 87.2 Å². The number of hydrogen-bond donors (Lipinski definition) is 1. The SMILES string of the molecule is CCOc1cc(C=C(C#N)c2nc3ccc(C)cc3[nH]2)ccc1OCc1ccc(Cl)c(Cl)c1. The lowest BCUT2D eigenvalue weighted by Gasteiger charge is -2.13. The van der Waals surface area contributed by atoms with Crippen LogP contribution in [0.3, 0.4) is 0 Å². The van der Waals surface area contributed by atoms with Gasteiger partial charge in [0.05, 0.1) is 33.3 Å². The zero-order chi connectivity index (χ0) is 23.4. The fourth-order valence-corrected chi connectivity index (χ4v) is 3.68. The van der Waals surface area contributed by atoms with Gasteiger partial charge in [0.25, 0.3) is 0 Å². The number of aromatic amines is 1. The number of hydrogen-bond acceptors (Lipinski definition) is 4. The Balaban J connectivity index is 1.60. The molecule has 0 aliphatic heterocycles. The van der Waals surface area contributed by atoms with Gasteiger partial charge in [0.2, 0.25) is 0 Å². The third kappa shape index (κ3) is 5.31. The van der Waals surface area contributed by atoms with Crippen LogP contribution in [0.15, 0.2) is 54.6 Å². The van der Waals surface area contributed by atoms with Crippen LogP contribution in [0.5, 0.6) is 11.5 Å². The molecule has 0 spiro atoms. The first-order valence-corrected chi connectivity index (χ1v) is 11.1. The summed E-state index contributed by atoms with van der Waals surface area (Å²) in [5.41, 5.74) is 4.95. The number of halogens is 2. The van der Waals surface area contributed by atoms with Crippen molar-refractivity contribution in [2.24, 2.45) is 0 Å². The number of allylic oxidation sites excluding steroid dienone is 1. The second-order valence-corrected chi connectivity index (χ2v) is 8.27. The van der Waals surface area contributed by atoms with Crippen LogP contribution < -0.4 is 9.47 Å². The maximum atomic E-state index is 9.75. The zero-order valence-electron chi connectivity index (χ0n) is 18.2. The number of rotatable bonds is 7. The summed E-state index contributed by atoms with van der Waals surface area (Å²) in [7, 11) is 0. The maximum absolute atomic E-state index is 9.75. The van der Waals surface area contributed by atoms with Crippen molar-refractivity contribution in [3.8, 4) is 17.6 Å². The lowest BCUT2D eigenvalue weighted by atomic mass is 10.1. The smallest absolute Gasteiger partial charge is 0.161 e. The molecule has 0 saturated carbocycles. The number of nitriles is 1. The van der Waals surface area contributed by atoms with Crippen molar-refractivity contribution >= 4 is 45.9 Å². The first-order chi connectivity index (χ1) is 16.0. The van der Waals surface area contributed by atoms with E-state index in [0.717, 1.165) is 27.7 Å². The minimum atomic E-state index is 0.313. The van der Waals surface area contributed by atoms with Crippen molar-refractivity contribution in [2.75, 3.05) is 6.61 Å². The topological polar surface area (TPSA) is 70.9 Å². The Bertz CT molecular complexity index is 1390. The number of aryl methyl sites for hydroxylation is 1. The van der Waals surface area contributed by atoms with Gasteiger partial charge in [0.15, 0.2) is 11.5 Å². The Morgan fingerprint density at radius 1 is 1.03 bits per heavy atom. The molecule has 0 aliphatic carbocycles. The number of aromatic nitrogens is 2. The molecule has 0 fully saturated rings. The number of benzene rings is 3. The summed E-state index contributed by atoms with van der Waals surface area (Å²) in [5.74, 6) is 1.71. The van der Waals surface area contributed by atoms with Crippen LogP contribution in [0.1, 0.15) is 29.4 Å². The normalized spacial score (nSPS) is 11.4. The van der Waals surface area contributed by atoms with Gasteiger partial charge in [-0.3, -0.25) is 0 Å². The number of nitrogens with one attached hydrogen (secondary N) is 1. The minimum absolute atomic E-state index is 0.313. The molecule has 0 radical (unpaired) electrons. The van der Waals surface area contributed by atoms with Crippen LogP contribution in [-0.2, 0) is 6.61 Å². The molecule has 33 heavy (non-hydrogen) atoms. The van der Waals surface area contributed by atoms with E-state index in [0.29, 0.717) is 46.2 Å². The van der Waals surface area contributed by atoms with E-state index in [1.165, 1.54) is 0 Å². The van der Waals surface area contributed by atoms with E-state index < -0.39 is 0 Å². The number of nitrogens with zero attached hydrogens (tertiary/aromatic N) is 2. The fourth-order valence-electron chi connectivity index (χ4n) is 3.36. The Kier molecular flexibility index (Phi) is 6.88. The average molecular weight is 478 g/mol. The van der Waals surface area contributed by atoms with Gasteiger partial charge in [-0.2, -0.15) is 5.26 Å². The summed E-state index contributed by atoms with van der Waals surface area (Å²) in [4.78, 5) is 7.78. The lowest BCUT2D eigenvalue weighted by Crippen LogP contribution is -2.00. The van der Waals surface area contributed by atoms with Crippen molar-refractivity contribution in [1.29, 1.82) is 5.26 Å². The predicted octanol–water partition coefficient (Wildman–Crippen LogP) is 7.22. The third-order valence-corrected chi connectivity index (χ3v) is 5.71. The highest BCUT2D eigenvalue weighted by Crippen LogP contribution is 2.31. The minimum Gasteiger partial charge on any atom is -0.490 e. The molecule has 1 heterocycles. The van der Waals surface area contributed by atoms with E-state index in [1.54, 1.807) is 18.2 Å². The van der Waals surface area contributed by atoms with E-state index in [-0.39, 0.29) is 0 Å². The molecule has 7 heteroatoms. The molecule has 4 aromatic rings. The van der Waals surface area contributed by atoms with Gasteiger partial charge >= 0.3 is 0 Å². The Morgan fingerprint density at radius 2 is 1.88 bits per heavy atom. The van der Waals surface area contributed by atoms with Crippen LogP contribution in [0.25, 0.3) is 22.7 Å². The van der Waals surface area contributed by atoms with E-state index in [4.69, 9.17) is 32.7 Å². The van der Waals surface area contributed by atoms with Gasteiger partial charge < -0.3 is 14.5 Å². The lowest BCUT2D eigenvalue weighted by molar-refractivity contribution is 0.269. The van der Waals surface area contributed by atoms with Crippen LogP contribution in [0.4, 0.5) is 0 Å². The maximum Gasteiger partial charge on any atom is 0.161 e. The standard InChI is InChI=1S/C26H21Cl2N3O2/c1-3-32-25-13-17(6-9-24(25)33-15-18-5-7-20(27)21(28)12-18)11-19(14-29)26-30-22-8-4-16(2)10-23(22)31-26/h4-13H,3,15H2,1-2H3,(H,30,31). The Hall–Kier alpha value is -3.46. The van der Waals surface area contributed by atoms with Crippen LogP contribution in [0, 0.1) is 18.3 Å². The van der Waals surface area contributed by atoms with Gasteiger partial charge in [0, 0.05) is 0 Å². The zero-order valence-corrected chi connectivity index (χ0v) is 19.7. The molecule has 0 saturated heterocycles. The summed E-state index contributed by atoms with van der Waals surface area (Å²) in [6.07, 6.45) is 1.77. The molecule has 5 nitrogen and oxygen atoms in total. The van der Waals surface area contributed by atoms with E-state index in [2.05, 4.69) is 16.0 Å². The summed E-state index contributed by atoms with van der Waals surface area (Å²) < 4.78 is 11.7. The quantitative estimate of drug-likeness (QED) is 0.285. The fraction of sp³-hybridized carbons (Fsp3) is 0.154. The van der Waals surface area contributed by atoms with Gasteiger partial charge in [-0.25, -0.2) is 4.98 Å². The van der Waals surface area contributed by atoms with Crippen molar-refractivity contribution < 1.29 is 9.47 Å². The van der Waals surface area contributed by atoms with Gasteiger partial charge in [-0.05, 0) is 73.0 Å². The first-order valence-electron chi connectivity index (χ1n) is 10.4. The van der Waals surface area contributed by atoms with Crippen molar-refractivity contribution in [2.45, 2.75) is 20.5 Å². The molecule has 0 atom stereocenters. The highest BCUT2D eigenvalue weighted by atomic mass is 35.5. The molecule has 3 aromatic carbocycles. The highest BCUT2D eigenvalue weighted by molar-refractivity contribution is 6.42. The van der Waals surface area contributed by atoms with E-state index in [1.807, 2.05) is 56.3 Å². The average Bonchev–Trinajstić information content (AvgIpc) is 3.22. The predicted molar refractivity (Wildman–Crippen MR) is 133 cm³/mol. The van der Waals surface area contributed by atoms with Gasteiger partial charge in [0.1, 0.15) is 18.5 Å². The molecule has 4 rings (SSSR count). The van der Waals surface area contributed by atoms with Crippen molar-refractivity contribution in [3.63, 3.8) is 0 Å². The molecular weight excluding hydrogens is 457 g/mol. The van der Waals surface area contributed by atoms with Crippen molar-refractivity contribution in [1.82, 2.24) is 9.97 Å². The Labute approximate surface area is 202 Å². The van der Waals surface area contributed by atoms with E-state index >= 15 is 0 Å². The number of fused-ring (bicyclic) bond motifs is 1. The molecule has 166 valence electrons. The Morgan fingerprint density at radius 3 is 2.64 bits per heavy atom. The second kappa shape index (κ2) is 9.99. The summed E-state index contributed by atoms with van der Waals surface area (Å²) in [5, 5.41) is 10.7. The molecule has 0 aliphatic rings. The molecule has 0 bridgehead atoms. The molecule has 1 N–H and O–H groups in total. The third-order valence-electron chi connectivity index (χ3n) is 4.97. The number of imidazole rings is 1.